The van der Waals surface area contributed by atoms with E-state index in [-0.39, 0.29) is 11.8 Å². The molecule has 0 radical (unpaired) electrons. The van der Waals surface area contributed by atoms with Crippen LogP contribution >= 0.6 is 11.6 Å². The van der Waals surface area contributed by atoms with Gasteiger partial charge in [-0.3, -0.25) is 9.59 Å². The molecule has 0 bridgehead atoms. The molecule has 1 aromatic carbocycles. The molecule has 0 aromatic heterocycles. The second kappa shape index (κ2) is 7.63. The molecule has 1 fully saturated rings. The fourth-order valence-electron chi connectivity index (χ4n) is 2.73. The monoisotopic (exact) mass is 322 g/mol. The molecular formula is C17H23ClN2O2. The molecule has 120 valence electrons. The number of hydrogen-bond acceptors (Lipinski definition) is 2. The van der Waals surface area contributed by atoms with Gasteiger partial charge in [0.15, 0.2) is 0 Å². The first-order valence-electron chi connectivity index (χ1n) is 7.83. The molecule has 1 atom stereocenters. The van der Waals surface area contributed by atoms with Crippen LogP contribution in [0.4, 0.5) is 0 Å². The second-order valence-corrected chi connectivity index (χ2v) is 6.58. The van der Waals surface area contributed by atoms with E-state index >= 15 is 0 Å². The lowest BCUT2D eigenvalue weighted by Gasteiger charge is -2.25. The maximum atomic E-state index is 12.6. The number of halogens is 1. The fourth-order valence-corrected chi connectivity index (χ4v) is 2.95. The Morgan fingerprint density at radius 1 is 1.23 bits per heavy atom. The molecule has 0 spiro atoms. The van der Waals surface area contributed by atoms with Crippen molar-refractivity contribution in [3.8, 4) is 0 Å². The Morgan fingerprint density at radius 2 is 1.86 bits per heavy atom. The van der Waals surface area contributed by atoms with Gasteiger partial charge in [-0.05, 0) is 37.3 Å². The largest absolute Gasteiger partial charge is 0.341 e. The lowest BCUT2D eigenvalue weighted by molar-refractivity contribution is -0.132. The van der Waals surface area contributed by atoms with Crippen LogP contribution in [0.3, 0.4) is 0 Å². The smallest absolute Gasteiger partial charge is 0.253 e. The predicted molar refractivity (Wildman–Crippen MR) is 88.0 cm³/mol. The number of likely N-dealkylation sites (tertiary alicyclic amines) is 1. The predicted octanol–water partition coefficient (Wildman–Crippen LogP) is 3.11. The zero-order valence-electron chi connectivity index (χ0n) is 13.1. The van der Waals surface area contributed by atoms with E-state index < -0.39 is 6.04 Å². The number of carbonyl (C=O) groups is 2. The highest BCUT2D eigenvalue weighted by Crippen LogP contribution is 2.17. The Kier molecular flexibility index (Phi) is 5.83. The normalized spacial score (nSPS) is 15.9. The highest BCUT2D eigenvalue weighted by molar-refractivity contribution is 6.33. The molecule has 4 nitrogen and oxygen atoms in total. The third kappa shape index (κ3) is 4.23. The van der Waals surface area contributed by atoms with E-state index in [1.807, 2.05) is 18.7 Å². The molecule has 0 aliphatic carbocycles. The minimum atomic E-state index is -0.484. The van der Waals surface area contributed by atoms with Gasteiger partial charge in [0.2, 0.25) is 5.91 Å². The minimum Gasteiger partial charge on any atom is -0.341 e. The van der Waals surface area contributed by atoms with Crippen LogP contribution in [0.2, 0.25) is 5.02 Å². The summed E-state index contributed by atoms with van der Waals surface area (Å²) in [6.45, 7) is 5.67. The number of hydrogen-bond donors (Lipinski definition) is 1. The van der Waals surface area contributed by atoms with E-state index in [0.717, 1.165) is 25.9 Å². The molecule has 1 N–H and O–H groups in total. The molecular weight excluding hydrogens is 300 g/mol. The maximum absolute atomic E-state index is 12.6. The summed E-state index contributed by atoms with van der Waals surface area (Å²) in [6, 6.07) is 6.41. The zero-order valence-corrected chi connectivity index (χ0v) is 13.9. The van der Waals surface area contributed by atoms with E-state index in [4.69, 9.17) is 11.6 Å². The van der Waals surface area contributed by atoms with Gasteiger partial charge in [-0.15, -0.1) is 0 Å². The quantitative estimate of drug-likeness (QED) is 0.905. The molecule has 1 saturated heterocycles. The van der Waals surface area contributed by atoms with E-state index in [9.17, 15) is 9.59 Å². The topological polar surface area (TPSA) is 49.4 Å². The summed E-state index contributed by atoms with van der Waals surface area (Å²) >= 11 is 6.06. The van der Waals surface area contributed by atoms with Crippen molar-refractivity contribution in [2.75, 3.05) is 13.1 Å². The summed E-state index contributed by atoms with van der Waals surface area (Å²) < 4.78 is 0. The molecule has 1 aliphatic heterocycles. The van der Waals surface area contributed by atoms with E-state index in [1.165, 1.54) is 0 Å². The first-order chi connectivity index (χ1) is 10.5. The summed E-state index contributed by atoms with van der Waals surface area (Å²) in [4.78, 5) is 26.9. The number of benzene rings is 1. The molecule has 1 aliphatic rings. The molecule has 5 heteroatoms. The molecule has 2 amide bonds. The van der Waals surface area contributed by atoms with Crippen molar-refractivity contribution in [3.63, 3.8) is 0 Å². The van der Waals surface area contributed by atoms with Crippen LogP contribution in [0, 0.1) is 5.92 Å². The Hall–Kier alpha value is -1.55. The van der Waals surface area contributed by atoms with E-state index in [2.05, 4.69) is 5.32 Å². The molecule has 22 heavy (non-hydrogen) atoms. The average molecular weight is 323 g/mol. The number of carbonyl (C=O) groups excluding carboxylic acids is 2. The van der Waals surface area contributed by atoms with Crippen molar-refractivity contribution in [2.24, 2.45) is 5.92 Å². The third-order valence-corrected chi connectivity index (χ3v) is 4.18. The molecule has 1 aromatic rings. The lowest BCUT2D eigenvalue weighted by Crippen LogP contribution is -2.48. The van der Waals surface area contributed by atoms with Crippen molar-refractivity contribution in [1.82, 2.24) is 10.2 Å². The number of amides is 2. The Morgan fingerprint density at radius 3 is 2.45 bits per heavy atom. The van der Waals surface area contributed by atoms with E-state index in [0.29, 0.717) is 22.9 Å². The van der Waals surface area contributed by atoms with Crippen LogP contribution in [0.15, 0.2) is 24.3 Å². The second-order valence-electron chi connectivity index (χ2n) is 6.17. The van der Waals surface area contributed by atoms with Gasteiger partial charge in [-0.2, -0.15) is 0 Å². The van der Waals surface area contributed by atoms with Gasteiger partial charge >= 0.3 is 0 Å². The molecule has 2 rings (SSSR count). The third-order valence-electron chi connectivity index (χ3n) is 3.85. The summed E-state index contributed by atoms with van der Waals surface area (Å²) in [5, 5.41) is 3.27. The van der Waals surface area contributed by atoms with Crippen molar-refractivity contribution >= 4 is 23.4 Å². The van der Waals surface area contributed by atoms with Gasteiger partial charge in [0.05, 0.1) is 10.6 Å². The number of nitrogens with zero attached hydrogens (tertiary/aromatic N) is 1. The first-order valence-corrected chi connectivity index (χ1v) is 8.21. The van der Waals surface area contributed by atoms with E-state index in [1.54, 1.807) is 24.3 Å². The highest BCUT2D eigenvalue weighted by atomic mass is 35.5. The fraction of sp³-hybridized carbons (Fsp3) is 0.529. The van der Waals surface area contributed by atoms with Gasteiger partial charge in [-0.1, -0.05) is 37.6 Å². The number of nitrogens with one attached hydrogen (secondary N) is 1. The van der Waals surface area contributed by atoms with Crippen LogP contribution in [0.1, 0.15) is 43.5 Å². The standard InChI is InChI=1S/C17H23ClN2O2/c1-12(2)11-15(17(22)20-9-5-6-10-20)19-16(21)13-7-3-4-8-14(13)18/h3-4,7-8,12,15H,5-6,9-11H2,1-2H3,(H,19,21)/t15-/m1/s1. The summed E-state index contributed by atoms with van der Waals surface area (Å²) in [6.07, 6.45) is 2.71. The van der Waals surface area contributed by atoms with Gasteiger partial charge < -0.3 is 10.2 Å². The van der Waals surface area contributed by atoms with Gasteiger partial charge in [0.25, 0.3) is 5.91 Å². The highest BCUT2D eigenvalue weighted by Gasteiger charge is 2.28. The summed E-state index contributed by atoms with van der Waals surface area (Å²) in [7, 11) is 0. The molecule has 0 saturated carbocycles. The van der Waals surface area contributed by atoms with Crippen LogP contribution < -0.4 is 5.32 Å². The zero-order chi connectivity index (χ0) is 16.1. The SMILES string of the molecule is CC(C)C[C@@H](NC(=O)c1ccccc1Cl)C(=O)N1CCCC1. The van der Waals surface area contributed by atoms with Gasteiger partial charge in [-0.25, -0.2) is 0 Å². The van der Waals surface area contributed by atoms with Crippen LogP contribution in [-0.2, 0) is 4.79 Å². The maximum Gasteiger partial charge on any atom is 0.253 e. The van der Waals surface area contributed by atoms with Gasteiger partial charge in [0, 0.05) is 13.1 Å². The summed E-state index contributed by atoms with van der Waals surface area (Å²) in [5.74, 6) is 0.0542. The molecule has 0 unspecified atom stereocenters. The number of rotatable bonds is 5. The van der Waals surface area contributed by atoms with Crippen LogP contribution in [0.25, 0.3) is 0 Å². The lowest BCUT2D eigenvalue weighted by atomic mass is 10.0. The van der Waals surface area contributed by atoms with Crippen LogP contribution in [-0.4, -0.2) is 35.8 Å². The van der Waals surface area contributed by atoms with Crippen molar-refractivity contribution in [3.05, 3.63) is 34.9 Å². The van der Waals surface area contributed by atoms with Gasteiger partial charge in [0.1, 0.15) is 6.04 Å². The van der Waals surface area contributed by atoms with Crippen molar-refractivity contribution in [1.29, 1.82) is 0 Å². The minimum absolute atomic E-state index is 0.0200. The van der Waals surface area contributed by atoms with Crippen molar-refractivity contribution in [2.45, 2.75) is 39.2 Å². The Balaban J connectivity index is 2.10. The first kappa shape index (κ1) is 16.8. The molecule has 1 heterocycles. The van der Waals surface area contributed by atoms with Crippen molar-refractivity contribution < 1.29 is 9.59 Å². The van der Waals surface area contributed by atoms with Crippen LogP contribution in [0.5, 0.6) is 0 Å². The average Bonchev–Trinajstić information content (AvgIpc) is 2.99. The Bertz CT molecular complexity index is 539. The Labute approximate surface area is 136 Å². The summed E-state index contributed by atoms with van der Waals surface area (Å²) in [5.41, 5.74) is 0.409.